The van der Waals surface area contributed by atoms with Crippen molar-refractivity contribution in [1.29, 1.82) is 0 Å². The Kier molecular flexibility index (Phi) is 5.97. The molecule has 1 aromatic carbocycles. The second kappa shape index (κ2) is 7.98. The molecule has 0 saturated carbocycles. The molecule has 1 atom stereocenters. The van der Waals surface area contributed by atoms with Gasteiger partial charge in [0.2, 0.25) is 0 Å². The van der Waals surface area contributed by atoms with Crippen LogP contribution in [0.5, 0.6) is 0 Å². The standard InChI is InChI=1S/C17H18F3N3O2/c1-3-4-10-25-12(2)16(24)22-14-11-13(17(18,19)20)6-7-15(14)23-9-5-8-21-23/h3,5-9,11-12H,1,4,10H2,2H3,(H,22,24). The van der Waals surface area contributed by atoms with Crippen LogP contribution in [-0.4, -0.2) is 28.4 Å². The molecule has 5 nitrogen and oxygen atoms in total. The highest BCUT2D eigenvalue weighted by atomic mass is 19.4. The van der Waals surface area contributed by atoms with Crippen molar-refractivity contribution in [3.63, 3.8) is 0 Å². The minimum atomic E-state index is -4.52. The Hall–Kier alpha value is -2.61. The quantitative estimate of drug-likeness (QED) is 0.608. The normalized spacial score (nSPS) is 12.6. The number of hydrogen-bond acceptors (Lipinski definition) is 3. The van der Waals surface area contributed by atoms with Crippen LogP contribution in [0.15, 0.2) is 49.3 Å². The number of alkyl halides is 3. The van der Waals surface area contributed by atoms with Gasteiger partial charge in [0.15, 0.2) is 0 Å². The van der Waals surface area contributed by atoms with E-state index in [1.807, 2.05) is 0 Å². The summed E-state index contributed by atoms with van der Waals surface area (Å²) in [5, 5.41) is 6.48. The molecule has 0 radical (unpaired) electrons. The smallest absolute Gasteiger partial charge is 0.368 e. The van der Waals surface area contributed by atoms with Crippen LogP contribution in [0.2, 0.25) is 0 Å². The molecule has 0 fully saturated rings. The molecule has 0 saturated heterocycles. The van der Waals surface area contributed by atoms with Gasteiger partial charge in [-0.25, -0.2) is 4.68 Å². The first-order valence-corrected chi connectivity index (χ1v) is 7.57. The number of carbonyl (C=O) groups is 1. The number of hydrogen-bond donors (Lipinski definition) is 1. The van der Waals surface area contributed by atoms with Crippen LogP contribution < -0.4 is 5.32 Å². The van der Waals surface area contributed by atoms with E-state index >= 15 is 0 Å². The maximum Gasteiger partial charge on any atom is 0.416 e. The predicted octanol–water partition coefficient (Wildman–Crippen LogP) is 3.81. The van der Waals surface area contributed by atoms with Crippen molar-refractivity contribution in [3.8, 4) is 5.69 Å². The lowest BCUT2D eigenvalue weighted by Gasteiger charge is -2.17. The number of halogens is 3. The van der Waals surface area contributed by atoms with Crippen molar-refractivity contribution >= 4 is 11.6 Å². The van der Waals surface area contributed by atoms with Crippen LogP contribution >= 0.6 is 0 Å². The van der Waals surface area contributed by atoms with E-state index in [2.05, 4.69) is 17.0 Å². The molecule has 2 aromatic rings. The summed E-state index contributed by atoms with van der Waals surface area (Å²) in [6.45, 7) is 5.37. The number of rotatable bonds is 7. The molecule has 0 bridgehead atoms. The largest absolute Gasteiger partial charge is 0.416 e. The summed E-state index contributed by atoms with van der Waals surface area (Å²) in [4.78, 5) is 12.2. The van der Waals surface area contributed by atoms with Gasteiger partial charge in [-0.15, -0.1) is 6.58 Å². The highest BCUT2D eigenvalue weighted by Crippen LogP contribution is 2.33. The number of benzene rings is 1. The van der Waals surface area contributed by atoms with E-state index < -0.39 is 23.8 Å². The van der Waals surface area contributed by atoms with Crippen LogP contribution in [0.1, 0.15) is 18.9 Å². The van der Waals surface area contributed by atoms with Crippen LogP contribution in [0, 0.1) is 0 Å². The average molecular weight is 353 g/mol. The van der Waals surface area contributed by atoms with Gasteiger partial charge in [0, 0.05) is 12.4 Å². The summed E-state index contributed by atoms with van der Waals surface area (Å²) in [6.07, 6.45) is -0.0618. The number of ether oxygens (including phenoxy) is 1. The van der Waals surface area contributed by atoms with Gasteiger partial charge < -0.3 is 10.1 Å². The van der Waals surface area contributed by atoms with E-state index in [1.165, 1.54) is 23.9 Å². The molecule has 0 aliphatic heterocycles. The topological polar surface area (TPSA) is 56.1 Å². The fraction of sp³-hybridized carbons (Fsp3) is 0.294. The third-order valence-electron chi connectivity index (χ3n) is 3.39. The molecule has 0 aliphatic carbocycles. The van der Waals surface area contributed by atoms with E-state index in [-0.39, 0.29) is 5.69 Å². The van der Waals surface area contributed by atoms with Crippen molar-refractivity contribution < 1.29 is 22.7 Å². The van der Waals surface area contributed by atoms with Crippen molar-refractivity contribution in [2.45, 2.75) is 25.6 Å². The Morgan fingerprint density at radius 1 is 1.48 bits per heavy atom. The van der Waals surface area contributed by atoms with Crippen molar-refractivity contribution in [3.05, 3.63) is 54.9 Å². The van der Waals surface area contributed by atoms with Crippen LogP contribution in [0.3, 0.4) is 0 Å². The fourth-order valence-electron chi connectivity index (χ4n) is 2.06. The molecule has 1 amide bonds. The summed E-state index contributed by atoms with van der Waals surface area (Å²) in [6, 6.07) is 4.71. The molecule has 1 unspecified atom stereocenters. The molecular formula is C17H18F3N3O2. The molecule has 134 valence electrons. The molecule has 1 heterocycles. The Labute approximate surface area is 143 Å². The molecule has 0 aliphatic rings. The summed E-state index contributed by atoms with van der Waals surface area (Å²) in [5.41, 5.74) is -0.536. The molecular weight excluding hydrogens is 335 g/mol. The van der Waals surface area contributed by atoms with Crippen LogP contribution in [0.25, 0.3) is 5.69 Å². The highest BCUT2D eigenvalue weighted by molar-refractivity contribution is 5.95. The third-order valence-corrected chi connectivity index (χ3v) is 3.39. The zero-order valence-electron chi connectivity index (χ0n) is 13.6. The van der Waals surface area contributed by atoms with Crippen LogP contribution in [0.4, 0.5) is 18.9 Å². The van der Waals surface area contributed by atoms with Crippen molar-refractivity contribution in [2.75, 3.05) is 11.9 Å². The molecule has 1 aromatic heterocycles. The van der Waals surface area contributed by atoms with Gasteiger partial charge in [-0.05, 0) is 37.6 Å². The Morgan fingerprint density at radius 2 is 2.24 bits per heavy atom. The molecule has 0 spiro atoms. The first-order chi connectivity index (χ1) is 11.8. The molecule has 1 N–H and O–H groups in total. The first kappa shape index (κ1) is 18.7. The first-order valence-electron chi connectivity index (χ1n) is 7.57. The van der Waals surface area contributed by atoms with Gasteiger partial charge in [0.05, 0.1) is 23.5 Å². The average Bonchev–Trinajstić information content (AvgIpc) is 3.08. The summed E-state index contributed by atoms with van der Waals surface area (Å²) < 4.78 is 45.6. The maximum atomic E-state index is 13.0. The number of amides is 1. The van der Waals surface area contributed by atoms with E-state index in [0.29, 0.717) is 18.7 Å². The summed E-state index contributed by atoms with van der Waals surface area (Å²) in [5.74, 6) is -0.545. The Bertz CT molecular complexity index is 727. The van der Waals surface area contributed by atoms with E-state index in [9.17, 15) is 18.0 Å². The SMILES string of the molecule is C=CCCOC(C)C(=O)Nc1cc(C(F)(F)F)ccc1-n1cccn1. The number of nitrogens with zero attached hydrogens (tertiary/aromatic N) is 2. The maximum absolute atomic E-state index is 13.0. The number of aromatic nitrogens is 2. The highest BCUT2D eigenvalue weighted by Gasteiger charge is 2.31. The fourth-order valence-corrected chi connectivity index (χ4v) is 2.06. The zero-order valence-corrected chi connectivity index (χ0v) is 13.6. The molecule has 25 heavy (non-hydrogen) atoms. The Morgan fingerprint density at radius 3 is 2.84 bits per heavy atom. The van der Waals surface area contributed by atoms with Gasteiger partial charge >= 0.3 is 6.18 Å². The number of nitrogens with one attached hydrogen (secondary N) is 1. The van der Waals surface area contributed by atoms with Gasteiger partial charge in [-0.2, -0.15) is 18.3 Å². The van der Waals surface area contributed by atoms with Crippen LogP contribution in [-0.2, 0) is 15.7 Å². The van der Waals surface area contributed by atoms with Gasteiger partial charge in [0.1, 0.15) is 6.10 Å². The van der Waals surface area contributed by atoms with Gasteiger partial charge in [0.25, 0.3) is 5.91 Å². The minimum Gasteiger partial charge on any atom is -0.368 e. The van der Waals surface area contributed by atoms with Gasteiger partial charge in [-0.3, -0.25) is 4.79 Å². The monoisotopic (exact) mass is 353 g/mol. The minimum absolute atomic E-state index is 0.00250. The summed E-state index contributed by atoms with van der Waals surface area (Å²) >= 11 is 0. The van der Waals surface area contributed by atoms with Crippen molar-refractivity contribution in [2.24, 2.45) is 0 Å². The Balaban J connectivity index is 2.27. The van der Waals surface area contributed by atoms with E-state index in [1.54, 1.807) is 18.3 Å². The van der Waals surface area contributed by atoms with Gasteiger partial charge in [-0.1, -0.05) is 6.08 Å². The molecule has 2 rings (SSSR count). The zero-order chi connectivity index (χ0) is 18.4. The predicted molar refractivity (Wildman–Crippen MR) is 87.4 cm³/mol. The molecule has 8 heteroatoms. The van der Waals surface area contributed by atoms with Crippen molar-refractivity contribution in [1.82, 2.24) is 9.78 Å². The summed E-state index contributed by atoms with van der Waals surface area (Å²) in [7, 11) is 0. The lowest BCUT2D eigenvalue weighted by molar-refractivity contribution is -0.137. The lowest BCUT2D eigenvalue weighted by atomic mass is 10.1. The second-order valence-electron chi connectivity index (χ2n) is 5.26. The third kappa shape index (κ3) is 4.93. The number of carbonyl (C=O) groups excluding carboxylic acids is 1. The van der Waals surface area contributed by atoms with E-state index in [0.717, 1.165) is 12.1 Å². The van der Waals surface area contributed by atoms with E-state index in [4.69, 9.17) is 4.74 Å². The second-order valence-corrected chi connectivity index (χ2v) is 5.26. The number of anilines is 1. The lowest BCUT2D eigenvalue weighted by Crippen LogP contribution is -2.28.